The molecule has 26 heavy (non-hydrogen) atoms. The van der Waals surface area contributed by atoms with Gasteiger partial charge in [-0.2, -0.15) is 0 Å². The zero-order valence-electron chi connectivity index (χ0n) is 15.0. The molecule has 1 aromatic heterocycles. The molecule has 0 bridgehead atoms. The number of nitrogens with zero attached hydrogens (tertiary/aromatic N) is 6. The number of fused-ring (bicyclic) bond motifs is 1. The smallest absolute Gasteiger partial charge is 0.253 e. The highest BCUT2D eigenvalue weighted by Crippen LogP contribution is 2.32. The summed E-state index contributed by atoms with van der Waals surface area (Å²) in [5.74, 6) is 1.17. The second-order valence-electron chi connectivity index (χ2n) is 7.21. The largest absolute Gasteiger partial charge is 0.345 e. The summed E-state index contributed by atoms with van der Waals surface area (Å²) in [6.07, 6.45) is 0.973. The third-order valence-electron chi connectivity index (χ3n) is 5.50. The van der Waals surface area contributed by atoms with Crippen molar-refractivity contribution in [3.8, 4) is 0 Å². The van der Waals surface area contributed by atoms with E-state index < -0.39 is 0 Å². The van der Waals surface area contributed by atoms with Crippen LogP contribution in [0.1, 0.15) is 28.2 Å². The van der Waals surface area contributed by atoms with Crippen molar-refractivity contribution in [2.45, 2.75) is 19.9 Å². The maximum atomic E-state index is 12.8. The molecule has 8 nitrogen and oxygen atoms in total. The van der Waals surface area contributed by atoms with Crippen LogP contribution in [0.2, 0.25) is 0 Å². The van der Waals surface area contributed by atoms with Crippen molar-refractivity contribution >= 4 is 11.8 Å². The minimum absolute atomic E-state index is 0.00000567. The predicted octanol–water partition coefficient (Wildman–Crippen LogP) is 0.580. The van der Waals surface area contributed by atoms with Gasteiger partial charge in [-0.05, 0) is 47.4 Å². The third-order valence-corrected chi connectivity index (χ3v) is 5.50. The molecule has 2 aromatic rings. The van der Waals surface area contributed by atoms with Gasteiger partial charge in [0.25, 0.3) is 5.91 Å². The van der Waals surface area contributed by atoms with Gasteiger partial charge in [0, 0.05) is 32.2 Å². The highest BCUT2D eigenvalue weighted by molar-refractivity contribution is 5.95. The zero-order chi connectivity index (χ0) is 18.3. The number of aryl methyl sites for hydroxylation is 1. The second kappa shape index (κ2) is 6.51. The Morgan fingerprint density at radius 2 is 2.00 bits per heavy atom. The van der Waals surface area contributed by atoms with E-state index in [4.69, 9.17) is 0 Å². The van der Waals surface area contributed by atoms with Crippen LogP contribution in [0.4, 0.5) is 0 Å². The molecular formula is C18H22N6O2. The van der Waals surface area contributed by atoms with Gasteiger partial charge in [-0.15, -0.1) is 5.10 Å². The average molecular weight is 354 g/mol. The Labute approximate surface area is 151 Å². The van der Waals surface area contributed by atoms with Crippen LogP contribution in [0.15, 0.2) is 24.3 Å². The quantitative estimate of drug-likeness (QED) is 0.805. The van der Waals surface area contributed by atoms with Gasteiger partial charge in [-0.3, -0.25) is 9.59 Å². The molecule has 136 valence electrons. The summed E-state index contributed by atoms with van der Waals surface area (Å²) in [5, 5.41) is 11.4. The van der Waals surface area contributed by atoms with Crippen molar-refractivity contribution in [3.63, 3.8) is 0 Å². The lowest BCUT2D eigenvalue weighted by Gasteiger charge is -2.30. The third kappa shape index (κ3) is 2.95. The number of piperidine rings is 1. The lowest BCUT2D eigenvalue weighted by molar-refractivity contribution is -0.137. The van der Waals surface area contributed by atoms with Gasteiger partial charge in [-0.25, -0.2) is 4.68 Å². The van der Waals surface area contributed by atoms with E-state index in [9.17, 15) is 9.59 Å². The van der Waals surface area contributed by atoms with Crippen molar-refractivity contribution in [2.75, 3.05) is 26.7 Å². The SMILES string of the molecule is Cc1nnnn1Cc1ccc(C(=O)N2C[C@H]3CCN(C)C(=O)[C@H]3C2)cc1. The molecule has 0 saturated carbocycles. The molecule has 0 aliphatic carbocycles. The van der Waals surface area contributed by atoms with E-state index in [1.165, 1.54) is 0 Å². The summed E-state index contributed by atoms with van der Waals surface area (Å²) in [7, 11) is 1.84. The molecule has 1 aromatic carbocycles. The normalized spacial score (nSPS) is 22.6. The van der Waals surface area contributed by atoms with E-state index in [2.05, 4.69) is 15.5 Å². The summed E-state index contributed by atoms with van der Waals surface area (Å²) in [5.41, 5.74) is 1.69. The number of likely N-dealkylation sites (tertiary alicyclic amines) is 2. The lowest BCUT2D eigenvalue weighted by atomic mass is 9.88. The molecule has 0 N–H and O–H groups in total. The molecule has 3 heterocycles. The Bertz CT molecular complexity index is 830. The van der Waals surface area contributed by atoms with E-state index in [-0.39, 0.29) is 17.7 Å². The van der Waals surface area contributed by atoms with Gasteiger partial charge < -0.3 is 9.80 Å². The number of tetrazole rings is 1. The van der Waals surface area contributed by atoms with Crippen molar-refractivity contribution in [1.29, 1.82) is 0 Å². The number of carbonyl (C=O) groups is 2. The van der Waals surface area contributed by atoms with Crippen LogP contribution in [0, 0.1) is 18.8 Å². The number of aromatic nitrogens is 4. The molecule has 2 atom stereocenters. The molecule has 4 rings (SSSR count). The summed E-state index contributed by atoms with van der Waals surface area (Å²) in [6.45, 7) is 4.41. The van der Waals surface area contributed by atoms with Gasteiger partial charge in [0.05, 0.1) is 12.5 Å². The highest BCUT2D eigenvalue weighted by atomic mass is 16.2. The van der Waals surface area contributed by atoms with Crippen LogP contribution in [-0.4, -0.2) is 68.5 Å². The summed E-state index contributed by atoms with van der Waals surface area (Å²) >= 11 is 0. The minimum Gasteiger partial charge on any atom is -0.345 e. The van der Waals surface area contributed by atoms with Crippen LogP contribution < -0.4 is 0 Å². The fraction of sp³-hybridized carbons (Fsp3) is 0.500. The van der Waals surface area contributed by atoms with Crippen molar-refractivity contribution in [3.05, 3.63) is 41.2 Å². The van der Waals surface area contributed by atoms with E-state index in [0.29, 0.717) is 31.1 Å². The van der Waals surface area contributed by atoms with Crippen LogP contribution in [0.5, 0.6) is 0 Å². The van der Waals surface area contributed by atoms with Crippen molar-refractivity contribution in [2.24, 2.45) is 11.8 Å². The molecular weight excluding hydrogens is 332 g/mol. The van der Waals surface area contributed by atoms with E-state index >= 15 is 0 Å². The van der Waals surface area contributed by atoms with Crippen LogP contribution in [0.25, 0.3) is 0 Å². The van der Waals surface area contributed by atoms with Gasteiger partial charge in [0.2, 0.25) is 5.91 Å². The number of benzene rings is 1. The first-order valence-electron chi connectivity index (χ1n) is 8.89. The van der Waals surface area contributed by atoms with Gasteiger partial charge in [-0.1, -0.05) is 12.1 Å². The molecule has 8 heteroatoms. The molecule has 2 saturated heterocycles. The topological polar surface area (TPSA) is 84.2 Å². The van der Waals surface area contributed by atoms with Gasteiger partial charge in [0.1, 0.15) is 5.82 Å². The van der Waals surface area contributed by atoms with E-state index in [0.717, 1.165) is 24.4 Å². The fourth-order valence-electron chi connectivity index (χ4n) is 3.87. The van der Waals surface area contributed by atoms with E-state index in [1.807, 2.05) is 43.1 Å². The molecule has 0 unspecified atom stereocenters. The first kappa shape index (κ1) is 16.7. The standard InChI is InChI=1S/C18H22N6O2/c1-12-19-20-21-24(12)9-13-3-5-14(6-4-13)17(25)23-10-15-7-8-22(2)18(26)16(15)11-23/h3-6,15-16H,7-11H2,1-2H3/t15-,16+/m1/s1. The number of hydrogen-bond acceptors (Lipinski definition) is 5. The Morgan fingerprint density at radius 3 is 2.69 bits per heavy atom. The maximum Gasteiger partial charge on any atom is 0.253 e. The highest BCUT2D eigenvalue weighted by Gasteiger charge is 2.43. The zero-order valence-corrected chi connectivity index (χ0v) is 15.0. The Balaban J connectivity index is 1.44. The van der Waals surface area contributed by atoms with Crippen molar-refractivity contribution in [1.82, 2.24) is 30.0 Å². The number of amides is 2. The number of hydrogen-bond donors (Lipinski definition) is 0. The van der Waals surface area contributed by atoms with Crippen LogP contribution in [0.3, 0.4) is 0 Å². The lowest BCUT2D eigenvalue weighted by Crippen LogP contribution is -2.42. The van der Waals surface area contributed by atoms with E-state index in [1.54, 1.807) is 9.58 Å². The summed E-state index contributed by atoms with van der Waals surface area (Å²) in [4.78, 5) is 28.7. The summed E-state index contributed by atoms with van der Waals surface area (Å²) in [6, 6.07) is 7.54. The Hall–Kier alpha value is -2.77. The first-order chi connectivity index (χ1) is 12.5. The maximum absolute atomic E-state index is 12.8. The van der Waals surface area contributed by atoms with Crippen LogP contribution >= 0.6 is 0 Å². The van der Waals surface area contributed by atoms with Gasteiger partial charge >= 0.3 is 0 Å². The van der Waals surface area contributed by atoms with Crippen LogP contribution in [-0.2, 0) is 11.3 Å². The number of rotatable bonds is 3. The second-order valence-corrected chi connectivity index (χ2v) is 7.21. The van der Waals surface area contributed by atoms with Crippen molar-refractivity contribution < 1.29 is 9.59 Å². The Kier molecular flexibility index (Phi) is 4.18. The molecule has 0 radical (unpaired) electrons. The molecule has 2 amide bonds. The fourth-order valence-corrected chi connectivity index (χ4v) is 3.87. The van der Waals surface area contributed by atoms with Gasteiger partial charge in [0.15, 0.2) is 0 Å². The molecule has 2 fully saturated rings. The number of carbonyl (C=O) groups excluding carboxylic acids is 2. The molecule has 2 aliphatic rings. The first-order valence-corrected chi connectivity index (χ1v) is 8.89. The predicted molar refractivity (Wildman–Crippen MR) is 93.2 cm³/mol. The Morgan fingerprint density at radius 1 is 1.23 bits per heavy atom. The molecule has 0 spiro atoms. The molecule has 2 aliphatic heterocycles. The average Bonchev–Trinajstić information content (AvgIpc) is 3.25. The monoisotopic (exact) mass is 354 g/mol. The summed E-state index contributed by atoms with van der Waals surface area (Å²) < 4.78 is 1.71. The minimum atomic E-state index is -0.0419.